The van der Waals surface area contributed by atoms with Gasteiger partial charge in [-0.1, -0.05) is 18.2 Å². The van der Waals surface area contributed by atoms with Gasteiger partial charge in [-0.15, -0.1) is 11.8 Å². The normalized spacial score (nSPS) is 26.3. The smallest absolute Gasteiger partial charge is 0.339 e. The van der Waals surface area contributed by atoms with Gasteiger partial charge in [0.15, 0.2) is 6.61 Å². The molecule has 4 fully saturated rings. The Morgan fingerprint density at radius 2 is 1.63 bits per heavy atom. The molecule has 2 N–H and O–H groups in total. The molecular weight excluding hydrogens is 467 g/mol. The molecule has 6 rings (SSSR count). The summed E-state index contributed by atoms with van der Waals surface area (Å²) in [5, 5.41) is 5.85. The first-order valence-electron chi connectivity index (χ1n) is 12.1. The van der Waals surface area contributed by atoms with Crippen molar-refractivity contribution in [2.45, 2.75) is 49.0 Å². The summed E-state index contributed by atoms with van der Waals surface area (Å²) in [6.07, 6.45) is 7.24. The zero-order valence-corrected chi connectivity index (χ0v) is 20.2. The van der Waals surface area contributed by atoms with Gasteiger partial charge in [-0.25, -0.2) is 9.18 Å². The van der Waals surface area contributed by atoms with Crippen LogP contribution in [0.15, 0.2) is 53.4 Å². The molecule has 0 aliphatic heterocycles. The Kier molecular flexibility index (Phi) is 6.82. The zero-order valence-electron chi connectivity index (χ0n) is 19.4. The average molecular weight is 497 g/mol. The maximum absolute atomic E-state index is 13.3. The topological polar surface area (TPSA) is 84.5 Å². The highest BCUT2D eigenvalue weighted by Crippen LogP contribution is 2.55. The Labute approximate surface area is 208 Å². The predicted octanol–water partition coefficient (Wildman–Crippen LogP) is 4.80. The van der Waals surface area contributed by atoms with Crippen LogP contribution < -0.4 is 10.6 Å². The molecule has 0 spiro atoms. The van der Waals surface area contributed by atoms with Gasteiger partial charge in [0, 0.05) is 16.1 Å². The van der Waals surface area contributed by atoms with Crippen LogP contribution in [-0.2, 0) is 14.3 Å². The molecule has 0 saturated heterocycles. The molecule has 4 bridgehead atoms. The number of halogens is 1. The Balaban J connectivity index is 1.13. The second kappa shape index (κ2) is 10.0. The van der Waals surface area contributed by atoms with Crippen LogP contribution in [0.5, 0.6) is 0 Å². The summed E-state index contributed by atoms with van der Waals surface area (Å²) in [6.45, 7) is -0.499. The van der Waals surface area contributed by atoms with Gasteiger partial charge < -0.3 is 15.4 Å². The number of thioether (sulfide) groups is 1. The van der Waals surface area contributed by atoms with E-state index in [4.69, 9.17) is 4.74 Å². The monoisotopic (exact) mass is 496 g/mol. The quantitative estimate of drug-likeness (QED) is 0.405. The van der Waals surface area contributed by atoms with Crippen molar-refractivity contribution in [3.05, 3.63) is 59.9 Å². The van der Waals surface area contributed by atoms with Crippen molar-refractivity contribution in [3.8, 4) is 0 Å². The molecule has 2 aromatic carbocycles. The third-order valence-electron chi connectivity index (χ3n) is 7.35. The van der Waals surface area contributed by atoms with E-state index in [9.17, 15) is 18.8 Å². The molecule has 4 saturated carbocycles. The molecule has 0 radical (unpaired) electrons. The standard InChI is InChI=1S/C27H29FN2O4S/c28-20-4-3-5-21(11-20)29-24(31)15-34-26(33)22-6-1-2-7-23(22)35-16-25(32)30-27-12-17-8-18(13-27)10-19(9-17)14-27/h1-7,11,17-19H,8-10,12-16H2,(H,29,31)(H,30,32). The number of ether oxygens (including phenoxy) is 1. The van der Waals surface area contributed by atoms with Crippen molar-refractivity contribution >= 4 is 35.2 Å². The third kappa shape index (κ3) is 5.69. The number of amides is 2. The summed E-state index contributed by atoms with van der Waals surface area (Å²) >= 11 is 1.30. The predicted molar refractivity (Wildman–Crippen MR) is 132 cm³/mol. The second-order valence-electron chi connectivity index (χ2n) is 10.2. The van der Waals surface area contributed by atoms with Gasteiger partial charge in [0.1, 0.15) is 5.82 Å². The minimum absolute atomic E-state index is 0.00501. The number of anilines is 1. The van der Waals surface area contributed by atoms with Crippen LogP contribution in [0.3, 0.4) is 0 Å². The number of nitrogens with one attached hydrogen (secondary N) is 2. The fraction of sp³-hybridized carbons (Fsp3) is 0.444. The van der Waals surface area contributed by atoms with Crippen LogP contribution in [0, 0.1) is 23.6 Å². The third-order valence-corrected chi connectivity index (χ3v) is 8.42. The van der Waals surface area contributed by atoms with E-state index in [1.165, 1.54) is 49.2 Å². The number of rotatable bonds is 8. The lowest BCUT2D eigenvalue weighted by atomic mass is 9.53. The van der Waals surface area contributed by atoms with Crippen molar-refractivity contribution < 1.29 is 23.5 Å². The molecule has 4 aliphatic rings. The largest absolute Gasteiger partial charge is 0.452 e. The van der Waals surface area contributed by atoms with Crippen molar-refractivity contribution in [2.75, 3.05) is 17.7 Å². The van der Waals surface area contributed by atoms with E-state index in [1.807, 2.05) is 0 Å². The van der Waals surface area contributed by atoms with Crippen LogP contribution in [0.1, 0.15) is 48.9 Å². The molecule has 0 heterocycles. The Hall–Kier alpha value is -2.87. The maximum atomic E-state index is 13.3. The van der Waals surface area contributed by atoms with Gasteiger partial charge in [-0.2, -0.15) is 0 Å². The molecule has 2 aromatic rings. The number of hydrogen-bond donors (Lipinski definition) is 2. The maximum Gasteiger partial charge on any atom is 0.339 e. The molecular formula is C27H29FN2O4S. The number of benzene rings is 2. The van der Waals surface area contributed by atoms with Crippen molar-refractivity contribution in [1.29, 1.82) is 0 Å². The summed E-state index contributed by atoms with van der Waals surface area (Å²) in [5.74, 6) is 0.778. The molecule has 6 nitrogen and oxygen atoms in total. The fourth-order valence-electron chi connectivity index (χ4n) is 6.47. The van der Waals surface area contributed by atoms with Crippen LogP contribution in [0.2, 0.25) is 0 Å². The number of hydrogen-bond acceptors (Lipinski definition) is 5. The highest BCUT2D eigenvalue weighted by Gasteiger charge is 2.51. The first-order chi connectivity index (χ1) is 16.9. The number of carbonyl (C=O) groups excluding carboxylic acids is 3. The van der Waals surface area contributed by atoms with E-state index < -0.39 is 24.3 Å². The molecule has 4 aliphatic carbocycles. The molecule has 0 atom stereocenters. The first kappa shape index (κ1) is 23.9. The van der Waals surface area contributed by atoms with Gasteiger partial charge in [0.05, 0.1) is 11.3 Å². The summed E-state index contributed by atoms with van der Waals surface area (Å²) < 4.78 is 18.4. The van der Waals surface area contributed by atoms with Crippen LogP contribution in [0.4, 0.5) is 10.1 Å². The van der Waals surface area contributed by atoms with Gasteiger partial charge in [-0.3, -0.25) is 9.59 Å². The Morgan fingerprint density at radius 3 is 2.31 bits per heavy atom. The molecule has 184 valence electrons. The van der Waals surface area contributed by atoms with Crippen molar-refractivity contribution in [2.24, 2.45) is 17.8 Å². The van der Waals surface area contributed by atoms with E-state index in [-0.39, 0.29) is 22.9 Å². The highest BCUT2D eigenvalue weighted by atomic mass is 32.2. The van der Waals surface area contributed by atoms with Gasteiger partial charge in [-0.05, 0) is 86.6 Å². The summed E-state index contributed by atoms with van der Waals surface area (Å²) in [6, 6.07) is 12.4. The summed E-state index contributed by atoms with van der Waals surface area (Å²) in [7, 11) is 0. The van der Waals surface area contributed by atoms with E-state index in [0.29, 0.717) is 10.5 Å². The lowest BCUT2D eigenvalue weighted by Gasteiger charge is -2.56. The van der Waals surface area contributed by atoms with Crippen molar-refractivity contribution in [1.82, 2.24) is 5.32 Å². The molecule has 35 heavy (non-hydrogen) atoms. The van der Waals surface area contributed by atoms with Gasteiger partial charge >= 0.3 is 5.97 Å². The molecule has 2 amide bonds. The number of esters is 1. The highest BCUT2D eigenvalue weighted by molar-refractivity contribution is 8.00. The van der Waals surface area contributed by atoms with Crippen LogP contribution >= 0.6 is 11.8 Å². The van der Waals surface area contributed by atoms with Gasteiger partial charge in [0.2, 0.25) is 5.91 Å². The molecule has 0 aromatic heterocycles. The van der Waals surface area contributed by atoms with E-state index in [2.05, 4.69) is 10.6 Å². The van der Waals surface area contributed by atoms with Crippen molar-refractivity contribution in [3.63, 3.8) is 0 Å². The molecule has 0 unspecified atom stereocenters. The Bertz CT molecular complexity index is 1100. The van der Waals surface area contributed by atoms with E-state index in [0.717, 1.165) is 37.0 Å². The van der Waals surface area contributed by atoms with E-state index in [1.54, 1.807) is 30.3 Å². The van der Waals surface area contributed by atoms with Crippen LogP contribution in [-0.4, -0.2) is 35.7 Å². The molecule has 8 heteroatoms. The zero-order chi connectivity index (χ0) is 24.4. The second-order valence-corrected chi connectivity index (χ2v) is 11.2. The lowest BCUT2D eigenvalue weighted by molar-refractivity contribution is -0.124. The van der Waals surface area contributed by atoms with Crippen LogP contribution in [0.25, 0.3) is 0 Å². The minimum atomic E-state index is -0.649. The average Bonchev–Trinajstić information content (AvgIpc) is 2.80. The summed E-state index contributed by atoms with van der Waals surface area (Å²) in [5.41, 5.74) is 0.547. The summed E-state index contributed by atoms with van der Waals surface area (Å²) in [4.78, 5) is 38.2. The number of carbonyl (C=O) groups is 3. The SMILES string of the molecule is O=C(COC(=O)c1ccccc1SCC(=O)NC12CC3CC(CC(C3)C1)C2)Nc1cccc(F)c1. The Morgan fingerprint density at radius 1 is 0.943 bits per heavy atom. The fourth-order valence-corrected chi connectivity index (χ4v) is 7.31. The first-order valence-corrected chi connectivity index (χ1v) is 13.1. The van der Waals surface area contributed by atoms with E-state index >= 15 is 0 Å². The minimum Gasteiger partial charge on any atom is -0.452 e. The van der Waals surface area contributed by atoms with Gasteiger partial charge in [0.25, 0.3) is 5.91 Å². The lowest BCUT2D eigenvalue weighted by Crippen LogP contribution is -2.60.